The van der Waals surface area contributed by atoms with E-state index in [1.807, 2.05) is 6.92 Å². The fraction of sp³-hybridized carbons (Fsp3) is 0.667. The molecule has 1 rings (SSSR count). The number of nitrogens with zero attached hydrogens (tertiary/aromatic N) is 3. The number of hydrogen-bond donors (Lipinski definition) is 1. The van der Waals surface area contributed by atoms with Crippen LogP contribution in [0.5, 0.6) is 0 Å². The van der Waals surface area contributed by atoms with E-state index < -0.39 is 0 Å². The number of hydrogen-bond acceptors (Lipinski definition) is 4. The predicted octanol–water partition coefficient (Wildman–Crippen LogP) is 1.33. The Morgan fingerprint density at radius 3 is 2.80 bits per heavy atom. The second-order valence-corrected chi connectivity index (χ2v) is 2.93. The Morgan fingerprint density at radius 1 is 1.70 bits per heavy atom. The van der Waals surface area contributed by atoms with Crippen molar-refractivity contribution in [1.82, 2.24) is 4.41 Å². The molecule has 56 valence electrons. The Labute approximate surface area is 66.4 Å². The lowest BCUT2D eigenvalue weighted by atomic mass is 10.0. The molecule has 0 aliphatic carbocycles. The van der Waals surface area contributed by atoms with Crippen molar-refractivity contribution in [1.29, 1.82) is 0 Å². The molecule has 0 spiro atoms. The Bertz CT molecular complexity index is 162. The summed E-state index contributed by atoms with van der Waals surface area (Å²) in [4.78, 5) is 4.24. The standard InChI is InChI=1S/C6H11N3S/c1-3-6(2)4-8-9(10)5-7-6/h4-5,10H,3H2,1-2H3. The van der Waals surface area contributed by atoms with Gasteiger partial charge in [-0.1, -0.05) is 6.92 Å². The Kier molecular flexibility index (Phi) is 1.99. The summed E-state index contributed by atoms with van der Waals surface area (Å²) >= 11 is 3.96. The fourth-order valence-electron chi connectivity index (χ4n) is 0.613. The Balaban J connectivity index is 2.69. The van der Waals surface area contributed by atoms with E-state index in [0.29, 0.717) is 0 Å². The van der Waals surface area contributed by atoms with Gasteiger partial charge >= 0.3 is 0 Å². The van der Waals surface area contributed by atoms with Crippen LogP contribution in [0, 0.1) is 0 Å². The molecular weight excluding hydrogens is 146 g/mol. The third-order valence-corrected chi connectivity index (χ3v) is 1.83. The van der Waals surface area contributed by atoms with Crippen LogP contribution in [-0.4, -0.2) is 22.5 Å². The average Bonchev–Trinajstić information content (AvgIpc) is 1.96. The highest BCUT2D eigenvalue weighted by molar-refractivity contribution is 7.78. The van der Waals surface area contributed by atoms with Crippen molar-refractivity contribution >= 4 is 25.4 Å². The molecule has 0 bridgehead atoms. The predicted molar refractivity (Wildman–Crippen MR) is 46.5 cm³/mol. The smallest absolute Gasteiger partial charge is 0.119 e. The van der Waals surface area contributed by atoms with Gasteiger partial charge in [-0.25, -0.2) is 0 Å². The fourth-order valence-corrected chi connectivity index (χ4v) is 0.716. The summed E-state index contributed by atoms with van der Waals surface area (Å²) in [6.07, 6.45) is 4.39. The topological polar surface area (TPSA) is 28.0 Å². The van der Waals surface area contributed by atoms with Crippen LogP contribution in [0.4, 0.5) is 0 Å². The van der Waals surface area contributed by atoms with Crippen LogP contribution in [0.1, 0.15) is 20.3 Å². The van der Waals surface area contributed by atoms with Crippen LogP contribution >= 0.6 is 12.8 Å². The number of aliphatic imine (C=N–C) groups is 1. The number of thiol groups is 1. The second kappa shape index (κ2) is 2.62. The van der Waals surface area contributed by atoms with Crippen molar-refractivity contribution in [2.75, 3.05) is 0 Å². The molecule has 0 N–H and O–H groups in total. The lowest BCUT2D eigenvalue weighted by Crippen LogP contribution is -2.28. The van der Waals surface area contributed by atoms with Crippen LogP contribution in [0.2, 0.25) is 0 Å². The normalized spacial score (nSPS) is 31.3. The van der Waals surface area contributed by atoms with Gasteiger partial charge in [0.1, 0.15) is 6.34 Å². The molecule has 1 aliphatic heterocycles. The van der Waals surface area contributed by atoms with Gasteiger partial charge in [0.2, 0.25) is 0 Å². The molecule has 0 saturated carbocycles. The molecule has 1 unspecified atom stereocenters. The van der Waals surface area contributed by atoms with E-state index in [1.54, 1.807) is 12.6 Å². The summed E-state index contributed by atoms with van der Waals surface area (Å²) in [5.74, 6) is 0. The first-order chi connectivity index (χ1) is 4.66. The molecular formula is C6H11N3S. The monoisotopic (exact) mass is 157 g/mol. The highest BCUT2D eigenvalue weighted by atomic mass is 32.1. The number of hydrazone groups is 1. The summed E-state index contributed by atoms with van der Waals surface area (Å²) in [5.41, 5.74) is -0.112. The van der Waals surface area contributed by atoms with Gasteiger partial charge in [-0.3, -0.25) is 4.99 Å². The first-order valence-corrected chi connectivity index (χ1v) is 3.65. The highest BCUT2D eigenvalue weighted by Gasteiger charge is 2.19. The van der Waals surface area contributed by atoms with Crippen LogP contribution < -0.4 is 0 Å². The molecule has 3 nitrogen and oxygen atoms in total. The summed E-state index contributed by atoms with van der Waals surface area (Å²) < 4.78 is 1.40. The maximum absolute atomic E-state index is 4.24. The largest absolute Gasteiger partial charge is 0.261 e. The van der Waals surface area contributed by atoms with Crippen LogP contribution in [-0.2, 0) is 0 Å². The average molecular weight is 157 g/mol. The molecule has 0 saturated heterocycles. The quantitative estimate of drug-likeness (QED) is 0.571. The minimum Gasteiger partial charge on any atom is -0.261 e. The van der Waals surface area contributed by atoms with Crippen molar-refractivity contribution in [2.45, 2.75) is 25.8 Å². The molecule has 0 aromatic carbocycles. The van der Waals surface area contributed by atoms with Crippen molar-refractivity contribution in [3.63, 3.8) is 0 Å². The van der Waals surface area contributed by atoms with E-state index in [1.165, 1.54) is 4.41 Å². The van der Waals surface area contributed by atoms with Gasteiger partial charge in [-0.2, -0.15) is 9.52 Å². The molecule has 0 amide bonds. The maximum atomic E-state index is 4.24. The zero-order valence-electron chi connectivity index (χ0n) is 6.15. The van der Waals surface area contributed by atoms with E-state index in [4.69, 9.17) is 0 Å². The lowest BCUT2D eigenvalue weighted by Gasteiger charge is -2.22. The van der Waals surface area contributed by atoms with Gasteiger partial charge in [0.25, 0.3) is 0 Å². The SMILES string of the molecule is CCC1(C)C=NN(S)C=N1. The first kappa shape index (κ1) is 7.60. The third-order valence-electron chi connectivity index (χ3n) is 1.63. The summed E-state index contributed by atoms with van der Waals surface area (Å²) in [6, 6.07) is 0. The van der Waals surface area contributed by atoms with E-state index >= 15 is 0 Å². The van der Waals surface area contributed by atoms with Crippen LogP contribution in [0.15, 0.2) is 10.1 Å². The van der Waals surface area contributed by atoms with E-state index in [0.717, 1.165) is 6.42 Å². The van der Waals surface area contributed by atoms with E-state index in [9.17, 15) is 0 Å². The molecule has 0 aromatic rings. The maximum Gasteiger partial charge on any atom is 0.119 e. The van der Waals surface area contributed by atoms with Crippen molar-refractivity contribution in [3.05, 3.63) is 0 Å². The second-order valence-electron chi connectivity index (χ2n) is 2.52. The Hall–Kier alpha value is -0.510. The van der Waals surface area contributed by atoms with Gasteiger partial charge in [0.05, 0.1) is 11.8 Å². The Morgan fingerprint density at radius 2 is 2.40 bits per heavy atom. The molecule has 4 heteroatoms. The third kappa shape index (κ3) is 1.50. The summed E-state index contributed by atoms with van der Waals surface area (Å²) in [5, 5.41) is 3.98. The van der Waals surface area contributed by atoms with E-state index in [2.05, 4.69) is 29.8 Å². The summed E-state index contributed by atoms with van der Waals surface area (Å²) in [7, 11) is 0. The van der Waals surface area contributed by atoms with Gasteiger partial charge in [0.15, 0.2) is 0 Å². The zero-order chi connectivity index (χ0) is 7.61. The molecule has 10 heavy (non-hydrogen) atoms. The molecule has 1 heterocycles. The van der Waals surface area contributed by atoms with Crippen molar-refractivity contribution in [2.24, 2.45) is 10.1 Å². The van der Waals surface area contributed by atoms with Crippen LogP contribution in [0.25, 0.3) is 0 Å². The zero-order valence-corrected chi connectivity index (χ0v) is 7.05. The lowest BCUT2D eigenvalue weighted by molar-refractivity contribution is 0.577. The van der Waals surface area contributed by atoms with Crippen molar-refractivity contribution in [3.8, 4) is 0 Å². The van der Waals surface area contributed by atoms with Gasteiger partial charge < -0.3 is 0 Å². The molecule has 1 atom stereocenters. The molecule has 0 aromatic heterocycles. The highest BCUT2D eigenvalue weighted by Crippen LogP contribution is 2.15. The summed E-state index contributed by atoms with van der Waals surface area (Å²) in [6.45, 7) is 4.12. The molecule has 0 radical (unpaired) electrons. The van der Waals surface area contributed by atoms with Gasteiger partial charge in [-0.15, -0.1) is 0 Å². The van der Waals surface area contributed by atoms with E-state index in [-0.39, 0.29) is 5.54 Å². The number of rotatable bonds is 1. The minimum absolute atomic E-state index is 0.112. The van der Waals surface area contributed by atoms with Crippen LogP contribution in [0.3, 0.4) is 0 Å². The van der Waals surface area contributed by atoms with Crippen molar-refractivity contribution < 1.29 is 0 Å². The van der Waals surface area contributed by atoms with Gasteiger partial charge in [0, 0.05) is 0 Å². The molecule has 0 fully saturated rings. The minimum atomic E-state index is -0.112. The first-order valence-electron chi connectivity index (χ1n) is 3.25. The van der Waals surface area contributed by atoms with Gasteiger partial charge in [-0.05, 0) is 26.2 Å². The molecule has 1 aliphatic rings.